The third kappa shape index (κ3) is 5.48. The zero-order valence-corrected chi connectivity index (χ0v) is 15.4. The fourth-order valence-electron chi connectivity index (χ4n) is 2.65. The molecule has 9 heteroatoms. The van der Waals surface area contributed by atoms with Crippen LogP contribution in [0.1, 0.15) is 22.3 Å². The first kappa shape index (κ1) is 19.7. The number of nitro benzene ring substituents is 1. The molecule has 0 spiro atoms. The Morgan fingerprint density at radius 1 is 1.03 bits per heavy atom. The van der Waals surface area contributed by atoms with Crippen molar-refractivity contribution in [3.63, 3.8) is 0 Å². The van der Waals surface area contributed by atoms with E-state index in [-0.39, 0.29) is 30.1 Å². The Kier molecular flexibility index (Phi) is 6.31. The van der Waals surface area contributed by atoms with Crippen LogP contribution >= 0.6 is 0 Å². The molecule has 1 aromatic heterocycles. The lowest BCUT2D eigenvalue weighted by Crippen LogP contribution is -2.28. The molecule has 148 valence electrons. The van der Waals surface area contributed by atoms with E-state index in [0.29, 0.717) is 12.4 Å². The summed E-state index contributed by atoms with van der Waals surface area (Å²) in [4.78, 5) is 34.3. The van der Waals surface area contributed by atoms with Crippen molar-refractivity contribution in [1.29, 1.82) is 0 Å². The van der Waals surface area contributed by atoms with Crippen LogP contribution in [0.25, 0.3) is 0 Å². The number of carbonyl (C=O) groups excluding carboxylic acids is 2. The lowest BCUT2D eigenvalue weighted by molar-refractivity contribution is -0.384. The summed E-state index contributed by atoms with van der Waals surface area (Å²) in [7, 11) is 0. The Balaban J connectivity index is 1.47. The molecule has 1 heterocycles. The van der Waals surface area contributed by atoms with Gasteiger partial charge in [0.25, 0.3) is 11.6 Å². The molecule has 0 saturated carbocycles. The molecule has 0 bridgehead atoms. The second-order valence-electron chi connectivity index (χ2n) is 6.22. The van der Waals surface area contributed by atoms with Crippen LogP contribution in [-0.2, 0) is 11.3 Å². The first-order valence-corrected chi connectivity index (χ1v) is 8.91. The van der Waals surface area contributed by atoms with Crippen molar-refractivity contribution in [2.45, 2.75) is 13.0 Å². The van der Waals surface area contributed by atoms with Gasteiger partial charge in [0.15, 0.2) is 0 Å². The monoisotopic (exact) mass is 393 g/mol. The average Bonchev–Trinajstić information content (AvgIpc) is 3.15. The van der Waals surface area contributed by atoms with Crippen LogP contribution in [0.2, 0.25) is 0 Å². The highest BCUT2D eigenvalue weighted by Gasteiger charge is 2.11. The maximum atomic E-state index is 12.2. The molecule has 2 N–H and O–H groups in total. The van der Waals surface area contributed by atoms with Crippen LogP contribution < -0.4 is 10.6 Å². The largest absolute Gasteiger partial charge is 0.352 e. The van der Waals surface area contributed by atoms with E-state index in [1.54, 1.807) is 16.9 Å². The first-order chi connectivity index (χ1) is 14.0. The van der Waals surface area contributed by atoms with E-state index in [2.05, 4.69) is 15.7 Å². The number of hydrogen-bond donors (Lipinski definition) is 2. The summed E-state index contributed by atoms with van der Waals surface area (Å²) in [5.41, 5.74) is 1.26. The Morgan fingerprint density at radius 3 is 2.45 bits per heavy atom. The molecule has 2 aromatic carbocycles. The molecule has 3 aromatic rings. The predicted molar refractivity (Wildman–Crippen MR) is 106 cm³/mol. The van der Waals surface area contributed by atoms with Gasteiger partial charge in [-0.05, 0) is 17.7 Å². The lowest BCUT2D eigenvalue weighted by Gasteiger charge is -2.10. The molecule has 29 heavy (non-hydrogen) atoms. The number of nitro groups is 1. The number of nitrogens with zero attached hydrogens (tertiary/aromatic N) is 3. The molecular weight excluding hydrogens is 374 g/mol. The highest BCUT2D eigenvalue weighted by molar-refractivity contribution is 5.95. The minimum absolute atomic E-state index is 0.0786. The van der Waals surface area contributed by atoms with E-state index in [9.17, 15) is 19.7 Å². The summed E-state index contributed by atoms with van der Waals surface area (Å²) < 4.78 is 1.68. The van der Waals surface area contributed by atoms with Gasteiger partial charge in [-0.1, -0.05) is 30.3 Å². The minimum Gasteiger partial charge on any atom is -0.352 e. The topological polar surface area (TPSA) is 119 Å². The molecule has 0 fully saturated rings. The minimum atomic E-state index is -0.533. The van der Waals surface area contributed by atoms with E-state index < -0.39 is 10.8 Å². The second kappa shape index (κ2) is 9.27. The Morgan fingerprint density at radius 2 is 1.76 bits per heavy atom. The van der Waals surface area contributed by atoms with E-state index in [4.69, 9.17) is 0 Å². The SMILES string of the molecule is O=C(CCNC(=O)c1ccc([N+](=O)[O-])cc1)Nc1ccnn1Cc1ccccc1. The van der Waals surface area contributed by atoms with Crippen LogP contribution in [0, 0.1) is 10.1 Å². The van der Waals surface area contributed by atoms with Crippen LogP contribution in [0.4, 0.5) is 11.5 Å². The molecular formula is C20H19N5O4. The van der Waals surface area contributed by atoms with Crippen molar-refractivity contribution in [1.82, 2.24) is 15.1 Å². The fraction of sp³-hybridized carbons (Fsp3) is 0.150. The third-order valence-corrected chi connectivity index (χ3v) is 4.14. The molecule has 0 aliphatic heterocycles. The summed E-state index contributed by atoms with van der Waals surface area (Å²) in [6.07, 6.45) is 1.68. The summed E-state index contributed by atoms with van der Waals surface area (Å²) in [5.74, 6) is -0.0915. The summed E-state index contributed by atoms with van der Waals surface area (Å²) >= 11 is 0. The zero-order chi connectivity index (χ0) is 20.6. The highest BCUT2D eigenvalue weighted by Crippen LogP contribution is 2.12. The standard InChI is InChI=1S/C20H19N5O4/c26-19(11-12-21-20(27)16-6-8-17(9-7-16)25(28)29)23-18-10-13-22-24(18)14-15-4-2-1-3-5-15/h1-10,13H,11-12,14H2,(H,21,27)(H,23,26). The van der Waals surface area contributed by atoms with Crippen LogP contribution in [0.5, 0.6) is 0 Å². The Hall–Kier alpha value is -4.01. The smallest absolute Gasteiger partial charge is 0.269 e. The number of anilines is 1. The third-order valence-electron chi connectivity index (χ3n) is 4.14. The summed E-state index contributed by atoms with van der Waals surface area (Å²) in [5, 5.41) is 20.3. The van der Waals surface area contributed by atoms with Crippen molar-refractivity contribution in [3.8, 4) is 0 Å². The van der Waals surface area contributed by atoms with Gasteiger partial charge in [0, 0.05) is 36.7 Å². The van der Waals surface area contributed by atoms with Gasteiger partial charge < -0.3 is 10.6 Å². The number of non-ortho nitro benzene ring substituents is 1. The number of amides is 2. The van der Waals surface area contributed by atoms with Crippen molar-refractivity contribution in [3.05, 3.63) is 88.1 Å². The first-order valence-electron chi connectivity index (χ1n) is 8.91. The van der Waals surface area contributed by atoms with Crippen LogP contribution in [0.3, 0.4) is 0 Å². The van der Waals surface area contributed by atoms with Crippen molar-refractivity contribution in [2.75, 3.05) is 11.9 Å². The molecule has 0 saturated heterocycles. The Labute approximate surface area is 166 Å². The quantitative estimate of drug-likeness (QED) is 0.450. The van der Waals surface area contributed by atoms with Gasteiger partial charge in [0.05, 0.1) is 17.7 Å². The molecule has 0 aliphatic carbocycles. The number of aromatic nitrogens is 2. The summed E-state index contributed by atoms with van der Waals surface area (Å²) in [6, 6.07) is 16.7. The van der Waals surface area contributed by atoms with Gasteiger partial charge in [-0.3, -0.25) is 19.7 Å². The number of nitrogens with one attached hydrogen (secondary N) is 2. The van der Waals surface area contributed by atoms with Gasteiger partial charge in [-0.25, -0.2) is 4.68 Å². The number of benzene rings is 2. The van der Waals surface area contributed by atoms with E-state index in [0.717, 1.165) is 5.56 Å². The van der Waals surface area contributed by atoms with Crippen LogP contribution in [-0.4, -0.2) is 33.1 Å². The van der Waals surface area contributed by atoms with Gasteiger partial charge >= 0.3 is 0 Å². The molecule has 9 nitrogen and oxygen atoms in total. The normalized spacial score (nSPS) is 10.3. The average molecular weight is 393 g/mol. The maximum absolute atomic E-state index is 12.2. The van der Waals surface area contributed by atoms with Crippen molar-refractivity contribution < 1.29 is 14.5 Å². The van der Waals surface area contributed by atoms with Gasteiger partial charge in [0.1, 0.15) is 5.82 Å². The molecule has 0 unspecified atom stereocenters. The van der Waals surface area contributed by atoms with E-state index >= 15 is 0 Å². The molecule has 0 atom stereocenters. The zero-order valence-electron chi connectivity index (χ0n) is 15.4. The summed E-state index contributed by atoms with van der Waals surface area (Å²) in [6.45, 7) is 0.662. The van der Waals surface area contributed by atoms with Gasteiger partial charge in [0.2, 0.25) is 5.91 Å². The van der Waals surface area contributed by atoms with Crippen molar-refractivity contribution >= 4 is 23.3 Å². The number of rotatable bonds is 8. The van der Waals surface area contributed by atoms with E-state index in [1.807, 2.05) is 30.3 Å². The molecule has 3 rings (SSSR count). The fourth-order valence-corrected chi connectivity index (χ4v) is 2.65. The maximum Gasteiger partial charge on any atom is 0.269 e. The predicted octanol–water partition coefficient (Wildman–Crippen LogP) is 2.60. The van der Waals surface area contributed by atoms with E-state index in [1.165, 1.54) is 24.3 Å². The molecule has 2 amide bonds. The molecule has 0 radical (unpaired) electrons. The van der Waals surface area contributed by atoms with Crippen LogP contribution in [0.15, 0.2) is 66.9 Å². The molecule has 0 aliphatic rings. The second-order valence-corrected chi connectivity index (χ2v) is 6.22. The number of carbonyl (C=O) groups is 2. The number of hydrogen-bond acceptors (Lipinski definition) is 5. The lowest BCUT2D eigenvalue weighted by atomic mass is 10.2. The highest BCUT2D eigenvalue weighted by atomic mass is 16.6. The van der Waals surface area contributed by atoms with Gasteiger partial charge in [-0.15, -0.1) is 0 Å². The van der Waals surface area contributed by atoms with Crippen molar-refractivity contribution in [2.24, 2.45) is 0 Å². The Bertz CT molecular complexity index is 999. The van der Waals surface area contributed by atoms with Gasteiger partial charge in [-0.2, -0.15) is 5.10 Å².